The van der Waals surface area contributed by atoms with Gasteiger partial charge in [0.25, 0.3) is 11.8 Å². The summed E-state index contributed by atoms with van der Waals surface area (Å²) in [6.45, 7) is 0.938. The van der Waals surface area contributed by atoms with Gasteiger partial charge in [0, 0.05) is 5.56 Å². The largest absolute Gasteiger partial charge is 0.486 e. The predicted molar refractivity (Wildman–Crippen MR) is 84.4 cm³/mol. The highest BCUT2D eigenvalue weighted by molar-refractivity contribution is 9.11. The summed E-state index contributed by atoms with van der Waals surface area (Å²) in [7, 11) is 0. The molecule has 0 fully saturated rings. The fourth-order valence-corrected chi connectivity index (χ4v) is 3.15. The topological polar surface area (TPSA) is 76.7 Å². The highest BCUT2D eigenvalue weighted by atomic mass is 79.9. The third kappa shape index (κ3) is 3.23. The summed E-state index contributed by atoms with van der Waals surface area (Å²) in [5.41, 5.74) is 5.11. The highest BCUT2D eigenvalue weighted by Gasteiger charge is 2.16. The van der Waals surface area contributed by atoms with Crippen LogP contribution in [0.2, 0.25) is 0 Å². The molecule has 0 radical (unpaired) electrons. The van der Waals surface area contributed by atoms with Crippen LogP contribution in [0.4, 0.5) is 0 Å². The van der Waals surface area contributed by atoms with E-state index in [1.54, 1.807) is 30.3 Å². The number of amides is 2. The second-order valence-electron chi connectivity index (χ2n) is 4.37. The van der Waals surface area contributed by atoms with Crippen molar-refractivity contribution in [2.24, 2.45) is 0 Å². The molecule has 0 bridgehead atoms. The molecule has 1 aliphatic heterocycles. The van der Waals surface area contributed by atoms with Gasteiger partial charge in [0.05, 0.1) is 8.66 Å². The summed E-state index contributed by atoms with van der Waals surface area (Å²) in [6.07, 6.45) is 0. The van der Waals surface area contributed by atoms with Gasteiger partial charge in [-0.3, -0.25) is 20.4 Å². The van der Waals surface area contributed by atoms with Gasteiger partial charge in [0.2, 0.25) is 0 Å². The average molecular weight is 383 g/mol. The lowest BCUT2D eigenvalue weighted by Crippen LogP contribution is -2.41. The van der Waals surface area contributed by atoms with Gasteiger partial charge in [-0.15, -0.1) is 11.3 Å². The molecule has 0 saturated heterocycles. The number of fused-ring (bicyclic) bond motifs is 1. The second kappa shape index (κ2) is 6.37. The molecule has 2 N–H and O–H groups in total. The zero-order valence-corrected chi connectivity index (χ0v) is 13.6. The number of benzene rings is 1. The lowest BCUT2D eigenvalue weighted by Gasteiger charge is -2.18. The molecule has 0 unspecified atom stereocenters. The van der Waals surface area contributed by atoms with E-state index in [0.29, 0.717) is 35.2 Å². The van der Waals surface area contributed by atoms with Crippen LogP contribution < -0.4 is 20.3 Å². The molecule has 0 aliphatic carbocycles. The molecule has 1 aliphatic rings. The molecule has 3 rings (SSSR count). The van der Waals surface area contributed by atoms with Crippen molar-refractivity contribution in [3.63, 3.8) is 0 Å². The Morgan fingerprint density at radius 1 is 1.00 bits per heavy atom. The van der Waals surface area contributed by atoms with Crippen molar-refractivity contribution in [3.8, 4) is 11.5 Å². The molecule has 22 heavy (non-hydrogen) atoms. The summed E-state index contributed by atoms with van der Waals surface area (Å²) in [5, 5.41) is 0. The molecule has 114 valence electrons. The summed E-state index contributed by atoms with van der Waals surface area (Å²) >= 11 is 4.56. The normalized spacial score (nSPS) is 12.6. The van der Waals surface area contributed by atoms with Crippen LogP contribution in [0.5, 0.6) is 11.5 Å². The third-order valence-corrected chi connectivity index (χ3v) is 4.51. The Hall–Kier alpha value is -2.06. The second-order valence-corrected chi connectivity index (χ2v) is 6.83. The average Bonchev–Trinajstić information content (AvgIpc) is 2.98. The molecule has 1 aromatic heterocycles. The first-order valence-corrected chi connectivity index (χ1v) is 8.00. The quantitative estimate of drug-likeness (QED) is 0.781. The van der Waals surface area contributed by atoms with Gasteiger partial charge in [-0.2, -0.15) is 0 Å². The van der Waals surface area contributed by atoms with Crippen molar-refractivity contribution in [1.82, 2.24) is 10.9 Å². The number of hydrogen-bond donors (Lipinski definition) is 2. The Morgan fingerprint density at radius 2 is 1.73 bits per heavy atom. The van der Waals surface area contributed by atoms with Crippen LogP contribution in [0.15, 0.2) is 34.1 Å². The maximum Gasteiger partial charge on any atom is 0.279 e. The van der Waals surface area contributed by atoms with Crippen LogP contribution in [-0.4, -0.2) is 25.0 Å². The van der Waals surface area contributed by atoms with Crippen molar-refractivity contribution in [3.05, 3.63) is 44.6 Å². The number of thiophene rings is 1. The van der Waals surface area contributed by atoms with E-state index in [2.05, 4.69) is 26.8 Å². The smallest absolute Gasteiger partial charge is 0.279 e. The van der Waals surface area contributed by atoms with Crippen molar-refractivity contribution in [2.75, 3.05) is 13.2 Å². The number of hydrogen-bond acceptors (Lipinski definition) is 5. The first kappa shape index (κ1) is 14.9. The van der Waals surface area contributed by atoms with Crippen LogP contribution in [0.1, 0.15) is 20.0 Å². The van der Waals surface area contributed by atoms with E-state index in [4.69, 9.17) is 9.47 Å². The number of rotatable bonds is 2. The van der Waals surface area contributed by atoms with Crippen LogP contribution >= 0.6 is 27.3 Å². The first-order chi connectivity index (χ1) is 10.6. The molecular formula is C14H11BrN2O4S. The van der Waals surface area contributed by atoms with Gasteiger partial charge in [-0.25, -0.2) is 0 Å². The number of nitrogens with one attached hydrogen (secondary N) is 2. The van der Waals surface area contributed by atoms with E-state index in [9.17, 15) is 9.59 Å². The molecule has 2 heterocycles. The number of ether oxygens (including phenoxy) is 2. The SMILES string of the molecule is O=C(NNC(=O)c1ccc(Br)s1)c1ccc2c(c1)OCCO2. The zero-order chi connectivity index (χ0) is 15.5. The minimum Gasteiger partial charge on any atom is -0.486 e. The molecule has 2 amide bonds. The van der Waals surface area contributed by atoms with Gasteiger partial charge in [-0.1, -0.05) is 0 Å². The Labute approximate surface area is 138 Å². The molecule has 0 saturated carbocycles. The van der Waals surface area contributed by atoms with Crippen LogP contribution in [-0.2, 0) is 0 Å². The summed E-state index contributed by atoms with van der Waals surface area (Å²) in [5.74, 6) is 0.324. The van der Waals surface area contributed by atoms with Gasteiger partial charge in [0.1, 0.15) is 13.2 Å². The van der Waals surface area contributed by atoms with E-state index >= 15 is 0 Å². The maximum atomic E-state index is 12.0. The van der Waals surface area contributed by atoms with E-state index in [-0.39, 0.29) is 5.91 Å². The van der Waals surface area contributed by atoms with Crippen LogP contribution in [0.25, 0.3) is 0 Å². The highest BCUT2D eigenvalue weighted by Crippen LogP contribution is 2.30. The molecule has 6 nitrogen and oxygen atoms in total. The third-order valence-electron chi connectivity index (χ3n) is 2.89. The van der Waals surface area contributed by atoms with E-state index in [1.807, 2.05) is 0 Å². The lowest BCUT2D eigenvalue weighted by molar-refractivity contribution is 0.0848. The van der Waals surface area contributed by atoms with Gasteiger partial charge >= 0.3 is 0 Å². The predicted octanol–water partition coefficient (Wildman–Crippen LogP) is 2.36. The Morgan fingerprint density at radius 3 is 2.45 bits per heavy atom. The van der Waals surface area contributed by atoms with Gasteiger partial charge < -0.3 is 9.47 Å². The fraction of sp³-hybridized carbons (Fsp3) is 0.143. The molecule has 0 spiro atoms. The Kier molecular flexibility index (Phi) is 4.30. The van der Waals surface area contributed by atoms with E-state index in [0.717, 1.165) is 3.79 Å². The van der Waals surface area contributed by atoms with Crippen LogP contribution in [0.3, 0.4) is 0 Å². The minimum absolute atomic E-state index is 0.372. The van der Waals surface area contributed by atoms with Gasteiger partial charge in [0.15, 0.2) is 11.5 Å². The van der Waals surface area contributed by atoms with Crippen molar-refractivity contribution >= 4 is 39.1 Å². The maximum absolute atomic E-state index is 12.0. The molecule has 1 aromatic carbocycles. The molecular weight excluding hydrogens is 372 g/mol. The number of carbonyl (C=O) groups excluding carboxylic acids is 2. The Balaban J connectivity index is 1.63. The lowest BCUT2D eigenvalue weighted by atomic mass is 10.2. The summed E-state index contributed by atoms with van der Waals surface area (Å²) in [4.78, 5) is 24.4. The zero-order valence-electron chi connectivity index (χ0n) is 11.2. The standard InChI is InChI=1S/C14H11BrN2O4S/c15-12-4-3-11(22-12)14(19)17-16-13(18)8-1-2-9-10(7-8)21-6-5-20-9/h1-4,7H,5-6H2,(H,16,18)(H,17,19). The van der Waals surface area contributed by atoms with Crippen molar-refractivity contribution < 1.29 is 19.1 Å². The monoisotopic (exact) mass is 382 g/mol. The first-order valence-electron chi connectivity index (χ1n) is 6.39. The minimum atomic E-state index is -0.430. The van der Waals surface area contributed by atoms with E-state index in [1.165, 1.54) is 11.3 Å². The molecule has 0 atom stereocenters. The molecule has 8 heteroatoms. The summed E-state index contributed by atoms with van der Waals surface area (Å²) < 4.78 is 11.6. The van der Waals surface area contributed by atoms with E-state index < -0.39 is 5.91 Å². The van der Waals surface area contributed by atoms with Crippen LogP contribution in [0, 0.1) is 0 Å². The number of halogens is 1. The fourth-order valence-electron chi connectivity index (χ4n) is 1.87. The summed E-state index contributed by atoms with van der Waals surface area (Å²) in [6, 6.07) is 8.29. The van der Waals surface area contributed by atoms with Crippen molar-refractivity contribution in [1.29, 1.82) is 0 Å². The van der Waals surface area contributed by atoms with Gasteiger partial charge in [-0.05, 0) is 46.3 Å². The van der Waals surface area contributed by atoms with Crippen molar-refractivity contribution in [2.45, 2.75) is 0 Å². The number of hydrazine groups is 1. The number of carbonyl (C=O) groups is 2. The molecule has 2 aromatic rings. The Bertz CT molecular complexity index is 731.